The summed E-state index contributed by atoms with van der Waals surface area (Å²) in [4.78, 5) is 21.4. The molecule has 4 rings (SSSR count). The monoisotopic (exact) mass is 338 g/mol. The zero-order valence-corrected chi connectivity index (χ0v) is 13.6. The van der Waals surface area contributed by atoms with Gasteiger partial charge in [-0.05, 0) is 36.4 Å². The second-order valence-electron chi connectivity index (χ2n) is 5.23. The van der Waals surface area contributed by atoms with Crippen LogP contribution in [0.2, 0.25) is 0 Å². The minimum Gasteiger partial charge on any atom is -0.497 e. The maximum Gasteiger partial charge on any atom is 0.323 e. The molecule has 0 spiro atoms. The van der Waals surface area contributed by atoms with E-state index in [0.29, 0.717) is 0 Å². The molecule has 0 aliphatic heterocycles. The SMILES string of the molecule is COc1ccc(Nc2nc(-c3ccc4[nH]c(=O)[nH]c4c3)cs2)cc1. The van der Waals surface area contributed by atoms with Gasteiger partial charge in [-0.1, -0.05) is 6.07 Å². The lowest BCUT2D eigenvalue weighted by Gasteiger charge is -2.04. The maximum absolute atomic E-state index is 11.3. The Hall–Kier alpha value is -3.06. The van der Waals surface area contributed by atoms with E-state index in [4.69, 9.17) is 4.74 Å². The fourth-order valence-electron chi connectivity index (χ4n) is 2.45. The molecule has 0 aliphatic rings. The molecule has 7 heteroatoms. The van der Waals surface area contributed by atoms with Crippen LogP contribution in [0.15, 0.2) is 52.6 Å². The Bertz CT molecular complexity index is 1050. The number of aromatic amines is 2. The van der Waals surface area contributed by atoms with Crippen molar-refractivity contribution in [3.05, 3.63) is 58.3 Å². The van der Waals surface area contributed by atoms with Crippen LogP contribution in [0.4, 0.5) is 10.8 Å². The number of benzene rings is 2. The second-order valence-corrected chi connectivity index (χ2v) is 6.09. The molecule has 0 unspecified atom stereocenters. The molecule has 6 nitrogen and oxygen atoms in total. The minimum absolute atomic E-state index is 0.206. The number of hydrogen-bond donors (Lipinski definition) is 3. The van der Waals surface area contributed by atoms with Crippen molar-refractivity contribution in [2.45, 2.75) is 0 Å². The van der Waals surface area contributed by atoms with Gasteiger partial charge in [0, 0.05) is 16.6 Å². The quantitative estimate of drug-likeness (QED) is 0.529. The lowest BCUT2D eigenvalue weighted by Crippen LogP contribution is -1.99. The summed E-state index contributed by atoms with van der Waals surface area (Å²) in [5.41, 5.74) is 4.12. The van der Waals surface area contributed by atoms with E-state index in [1.807, 2.05) is 47.8 Å². The number of anilines is 2. The van der Waals surface area contributed by atoms with Gasteiger partial charge in [-0.2, -0.15) is 0 Å². The number of nitrogens with one attached hydrogen (secondary N) is 3. The number of hydrogen-bond acceptors (Lipinski definition) is 5. The predicted octanol–water partition coefficient (Wildman–Crippen LogP) is 3.73. The van der Waals surface area contributed by atoms with Crippen LogP contribution in [-0.4, -0.2) is 22.1 Å². The molecule has 0 saturated heterocycles. The van der Waals surface area contributed by atoms with Crippen molar-refractivity contribution in [1.29, 1.82) is 0 Å². The van der Waals surface area contributed by atoms with E-state index in [0.717, 1.165) is 38.9 Å². The van der Waals surface area contributed by atoms with E-state index in [1.54, 1.807) is 7.11 Å². The average Bonchev–Trinajstić information content (AvgIpc) is 3.20. The van der Waals surface area contributed by atoms with Crippen molar-refractivity contribution < 1.29 is 4.74 Å². The largest absolute Gasteiger partial charge is 0.497 e. The highest BCUT2D eigenvalue weighted by Gasteiger charge is 2.07. The molecule has 2 aromatic carbocycles. The summed E-state index contributed by atoms with van der Waals surface area (Å²) in [5, 5.41) is 6.06. The van der Waals surface area contributed by atoms with Crippen LogP contribution in [0.3, 0.4) is 0 Å². The van der Waals surface area contributed by atoms with E-state index < -0.39 is 0 Å². The van der Waals surface area contributed by atoms with E-state index in [2.05, 4.69) is 20.3 Å². The topological polar surface area (TPSA) is 82.8 Å². The number of rotatable bonds is 4. The Balaban J connectivity index is 1.59. The summed E-state index contributed by atoms with van der Waals surface area (Å²) in [5.74, 6) is 0.814. The van der Waals surface area contributed by atoms with Gasteiger partial charge in [-0.15, -0.1) is 11.3 Å². The van der Waals surface area contributed by atoms with Gasteiger partial charge >= 0.3 is 5.69 Å². The van der Waals surface area contributed by atoms with Crippen LogP contribution in [0, 0.1) is 0 Å². The van der Waals surface area contributed by atoms with E-state index >= 15 is 0 Å². The third kappa shape index (κ3) is 2.77. The molecule has 0 fully saturated rings. The first-order valence-electron chi connectivity index (χ1n) is 7.30. The standard InChI is InChI=1S/C17H14N4O2S/c1-23-12-5-3-11(4-6-12)18-17-21-15(9-24-17)10-2-7-13-14(8-10)20-16(22)19-13/h2-9H,1H3,(H,18,21)(H2,19,20,22). The van der Waals surface area contributed by atoms with Gasteiger partial charge < -0.3 is 20.0 Å². The number of thiazole rings is 1. The fraction of sp³-hybridized carbons (Fsp3) is 0.0588. The van der Waals surface area contributed by atoms with Crippen LogP contribution in [0.1, 0.15) is 0 Å². The van der Waals surface area contributed by atoms with E-state index in [1.165, 1.54) is 11.3 Å². The summed E-state index contributed by atoms with van der Waals surface area (Å²) in [6, 6.07) is 13.4. The van der Waals surface area contributed by atoms with Crippen molar-refractivity contribution in [3.63, 3.8) is 0 Å². The van der Waals surface area contributed by atoms with Crippen molar-refractivity contribution >= 4 is 33.2 Å². The zero-order valence-electron chi connectivity index (χ0n) is 12.8. The molecule has 0 amide bonds. The Morgan fingerprint density at radius 2 is 1.88 bits per heavy atom. The zero-order chi connectivity index (χ0) is 16.5. The molecule has 0 radical (unpaired) electrons. The molecule has 24 heavy (non-hydrogen) atoms. The molecule has 3 N–H and O–H groups in total. The van der Waals surface area contributed by atoms with Crippen LogP contribution in [0.25, 0.3) is 22.3 Å². The van der Waals surface area contributed by atoms with Gasteiger partial charge in [0.05, 0.1) is 23.8 Å². The molecule has 0 aliphatic carbocycles. The molecule has 2 aromatic heterocycles. The van der Waals surface area contributed by atoms with E-state index in [-0.39, 0.29) is 5.69 Å². The van der Waals surface area contributed by atoms with E-state index in [9.17, 15) is 4.79 Å². The number of H-pyrrole nitrogens is 2. The summed E-state index contributed by atoms with van der Waals surface area (Å²) in [7, 11) is 1.64. The smallest absolute Gasteiger partial charge is 0.323 e. The van der Waals surface area contributed by atoms with Crippen LogP contribution in [-0.2, 0) is 0 Å². The predicted molar refractivity (Wildman–Crippen MR) is 96.3 cm³/mol. The first kappa shape index (κ1) is 14.5. The van der Waals surface area contributed by atoms with Gasteiger partial charge in [0.25, 0.3) is 0 Å². The third-order valence-corrected chi connectivity index (χ3v) is 4.41. The second kappa shape index (κ2) is 5.86. The van der Waals surface area contributed by atoms with Gasteiger partial charge in [0.1, 0.15) is 5.75 Å². The Morgan fingerprint density at radius 1 is 1.08 bits per heavy atom. The van der Waals surface area contributed by atoms with Gasteiger partial charge in [-0.3, -0.25) is 0 Å². The molecular formula is C17H14N4O2S. The Labute approximate surface area is 141 Å². The molecule has 0 saturated carbocycles. The van der Waals surface area contributed by atoms with Gasteiger partial charge in [-0.25, -0.2) is 9.78 Å². The molecular weight excluding hydrogens is 324 g/mol. The molecule has 4 aromatic rings. The number of aromatic nitrogens is 3. The normalized spacial score (nSPS) is 10.9. The van der Waals surface area contributed by atoms with Gasteiger partial charge in [0.15, 0.2) is 5.13 Å². The van der Waals surface area contributed by atoms with Crippen molar-refractivity contribution in [1.82, 2.24) is 15.0 Å². The number of imidazole rings is 1. The summed E-state index contributed by atoms with van der Waals surface area (Å²) >= 11 is 1.53. The highest BCUT2D eigenvalue weighted by molar-refractivity contribution is 7.14. The van der Waals surface area contributed by atoms with Crippen LogP contribution < -0.4 is 15.7 Å². The highest BCUT2D eigenvalue weighted by atomic mass is 32.1. The van der Waals surface area contributed by atoms with Crippen molar-refractivity contribution in [2.24, 2.45) is 0 Å². The molecule has 2 heterocycles. The molecule has 0 bridgehead atoms. The van der Waals surface area contributed by atoms with Crippen LogP contribution in [0.5, 0.6) is 5.75 Å². The van der Waals surface area contributed by atoms with Crippen molar-refractivity contribution in [2.75, 3.05) is 12.4 Å². The van der Waals surface area contributed by atoms with Crippen molar-refractivity contribution in [3.8, 4) is 17.0 Å². The first-order chi connectivity index (χ1) is 11.7. The number of ether oxygens (including phenoxy) is 1. The fourth-order valence-corrected chi connectivity index (χ4v) is 3.19. The molecule has 120 valence electrons. The van der Waals surface area contributed by atoms with Crippen LogP contribution >= 0.6 is 11.3 Å². The highest BCUT2D eigenvalue weighted by Crippen LogP contribution is 2.28. The Kier molecular flexibility index (Phi) is 3.55. The number of fused-ring (bicyclic) bond motifs is 1. The Morgan fingerprint density at radius 3 is 2.67 bits per heavy atom. The molecule has 0 atom stereocenters. The lowest BCUT2D eigenvalue weighted by atomic mass is 10.1. The first-order valence-corrected chi connectivity index (χ1v) is 8.18. The summed E-state index contributed by atoms with van der Waals surface area (Å²) in [6.45, 7) is 0. The summed E-state index contributed by atoms with van der Waals surface area (Å²) in [6.07, 6.45) is 0. The maximum atomic E-state index is 11.3. The third-order valence-electron chi connectivity index (χ3n) is 3.66. The lowest BCUT2D eigenvalue weighted by molar-refractivity contribution is 0.415. The minimum atomic E-state index is -0.206. The average molecular weight is 338 g/mol. The number of methoxy groups -OCH3 is 1. The summed E-state index contributed by atoms with van der Waals surface area (Å²) < 4.78 is 5.15. The number of nitrogens with zero attached hydrogens (tertiary/aromatic N) is 1. The van der Waals surface area contributed by atoms with Gasteiger partial charge in [0.2, 0.25) is 0 Å².